The Hall–Kier alpha value is -3.02. The van der Waals surface area contributed by atoms with Crippen molar-refractivity contribution >= 4 is 16.7 Å². The zero-order valence-electron chi connectivity index (χ0n) is 10.2. The molecule has 0 aliphatic heterocycles. The van der Waals surface area contributed by atoms with Crippen LogP contribution in [0.25, 0.3) is 22.2 Å². The summed E-state index contributed by atoms with van der Waals surface area (Å²) in [5.41, 5.74) is 1.32. The Kier molecular flexibility index (Phi) is 2.76. The second-order valence-electron chi connectivity index (χ2n) is 4.26. The summed E-state index contributed by atoms with van der Waals surface area (Å²) in [4.78, 5) is 28.9. The van der Waals surface area contributed by atoms with E-state index in [4.69, 9.17) is 0 Å². The Morgan fingerprint density at radius 3 is 2.60 bits per heavy atom. The van der Waals surface area contributed by atoms with Crippen LogP contribution >= 0.6 is 0 Å². The number of aromatic nitrogens is 2. The fraction of sp³-hybridized carbons (Fsp3) is 0. The molecule has 0 spiro atoms. The summed E-state index contributed by atoms with van der Waals surface area (Å²) < 4.78 is 0. The van der Waals surface area contributed by atoms with Gasteiger partial charge in [-0.25, -0.2) is 4.98 Å². The number of aromatic amines is 1. The topological polar surface area (TPSA) is 88.9 Å². The van der Waals surface area contributed by atoms with Gasteiger partial charge in [0.1, 0.15) is 5.65 Å². The maximum absolute atomic E-state index is 12.0. The Bertz CT molecular complexity index is 853. The van der Waals surface area contributed by atoms with Gasteiger partial charge in [-0.3, -0.25) is 14.9 Å². The lowest BCUT2D eigenvalue weighted by atomic mass is 10.1. The standard InChI is InChI=1S/C14H9N3O3/c18-14-12(8-10-2-1-7-15-13(10)16-14)9-3-5-11(6-4-9)17(19)20/h1-8H,(H,15,16,18). The van der Waals surface area contributed by atoms with E-state index in [9.17, 15) is 14.9 Å². The van der Waals surface area contributed by atoms with Crippen LogP contribution in [0.2, 0.25) is 0 Å². The van der Waals surface area contributed by atoms with Crippen molar-refractivity contribution in [2.24, 2.45) is 0 Å². The predicted molar refractivity (Wildman–Crippen MR) is 74.5 cm³/mol. The molecule has 2 aromatic heterocycles. The first kappa shape index (κ1) is 12.0. The summed E-state index contributed by atoms with van der Waals surface area (Å²) >= 11 is 0. The molecule has 1 N–H and O–H groups in total. The lowest BCUT2D eigenvalue weighted by Crippen LogP contribution is -2.09. The highest BCUT2D eigenvalue weighted by atomic mass is 16.6. The molecule has 0 atom stereocenters. The van der Waals surface area contributed by atoms with Crippen LogP contribution < -0.4 is 5.56 Å². The molecule has 0 saturated carbocycles. The monoisotopic (exact) mass is 267 g/mol. The molecule has 0 aliphatic rings. The number of nitro benzene ring substituents is 1. The molecular formula is C14H9N3O3. The molecule has 0 radical (unpaired) electrons. The number of hydrogen-bond acceptors (Lipinski definition) is 4. The summed E-state index contributed by atoms with van der Waals surface area (Å²) in [6, 6.07) is 11.2. The maximum Gasteiger partial charge on any atom is 0.269 e. The van der Waals surface area contributed by atoms with Crippen molar-refractivity contribution in [3.05, 3.63) is 69.1 Å². The molecule has 0 amide bonds. The molecule has 6 heteroatoms. The van der Waals surface area contributed by atoms with E-state index in [2.05, 4.69) is 9.97 Å². The van der Waals surface area contributed by atoms with Crippen LogP contribution in [-0.4, -0.2) is 14.9 Å². The number of benzene rings is 1. The van der Waals surface area contributed by atoms with E-state index in [1.54, 1.807) is 30.5 Å². The van der Waals surface area contributed by atoms with Crippen LogP contribution in [0.1, 0.15) is 0 Å². The molecular weight excluding hydrogens is 258 g/mol. The van der Waals surface area contributed by atoms with Crippen LogP contribution in [0, 0.1) is 10.1 Å². The number of non-ortho nitro benzene ring substituents is 1. The lowest BCUT2D eigenvalue weighted by Gasteiger charge is -2.02. The highest BCUT2D eigenvalue weighted by Gasteiger charge is 2.09. The smallest absolute Gasteiger partial charge is 0.269 e. The molecule has 3 aromatic rings. The van der Waals surface area contributed by atoms with Gasteiger partial charge in [0.25, 0.3) is 11.2 Å². The Labute approximate surface area is 112 Å². The summed E-state index contributed by atoms with van der Waals surface area (Å²) in [5, 5.41) is 11.4. The van der Waals surface area contributed by atoms with Crippen molar-refractivity contribution < 1.29 is 4.92 Å². The van der Waals surface area contributed by atoms with E-state index >= 15 is 0 Å². The minimum Gasteiger partial charge on any atom is -0.306 e. The van der Waals surface area contributed by atoms with Gasteiger partial charge in [-0.05, 0) is 35.9 Å². The van der Waals surface area contributed by atoms with Crippen LogP contribution in [-0.2, 0) is 0 Å². The van der Waals surface area contributed by atoms with Gasteiger partial charge < -0.3 is 4.98 Å². The van der Waals surface area contributed by atoms with Gasteiger partial charge in [-0.1, -0.05) is 0 Å². The molecule has 3 rings (SSSR count). The van der Waals surface area contributed by atoms with E-state index in [-0.39, 0.29) is 11.2 Å². The van der Waals surface area contributed by atoms with Crippen molar-refractivity contribution in [3.63, 3.8) is 0 Å². The molecule has 0 aliphatic carbocycles. The van der Waals surface area contributed by atoms with Gasteiger partial charge in [0.15, 0.2) is 0 Å². The van der Waals surface area contributed by atoms with Crippen molar-refractivity contribution in [1.82, 2.24) is 9.97 Å². The summed E-state index contributed by atoms with van der Waals surface area (Å²) in [6.07, 6.45) is 1.60. The molecule has 2 heterocycles. The number of pyridine rings is 2. The maximum atomic E-state index is 12.0. The highest BCUT2D eigenvalue weighted by molar-refractivity contribution is 5.80. The average Bonchev–Trinajstić information content (AvgIpc) is 2.46. The quantitative estimate of drug-likeness (QED) is 0.570. The highest BCUT2D eigenvalue weighted by Crippen LogP contribution is 2.21. The molecule has 6 nitrogen and oxygen atoms in total. The van der Waals surface area contributed by atoms with Crippen LogP contribution in [0.4, 0.5) is 5.69 Å². The van der Waals surface area contributed by atoms with Gasteiger partial charge in [-0.2, -0.15) is 0 Å². The van der Waals surface area contributed by atoms with E-state index in [0.29, 0.717) is 16.8 Å². The summed E-state index contributed by atoms with van der Waals surface area (Å²) in [7, 11) is 0. The van der Waals surface area contributed by atoms with Crippen molar-refractivity contribution in [2.75, 3.05) is 0 Å². The van der Waals surface area contributed by atoms with Gasteiger partial charge >= 0.3 is 0 Å². The number of hydrogen-bond donors (Lipinski definition) is 1. The van der Waals surface area contributed by atoms with Gasteiger partial charge in [0.05, 0.1) is 4.92 Å². The SMILES string of the molecule is O=c1[nH]c2ncccc2cc1-c1ccc([N+](=O)[O-])cc1. The third kappa shape index (κ3) is 2.03. The molecule has 1 aromatic carbocycles. The van der Waals surface area contributed by atoms with E-state index in [1.807, 2.05) is 6.07 Å². The van der Waals surface area contributed by atoms with Gasteiger partial charge in [0, 0.05) is 29.3 Å². The molecule has 20 heavy (non-hydrogen) atoms. The number of H-pyrrole nitrogens is 1. The number of nitrogens with zero attached hydrogens (tertiary/aromatic N) is 2. The van der Waals surface area contributed by atoms with Crippen molar-refractivity contribution in [1.29, 1.82) is 0 Å². The van der Waals surface area contributed by atoms with Crippen LogP contribution in [0.15, 0.2) is 53.5 Å². The fourth-order valence-corrected chi connectivity index (χ4v) is 2.01. The number of rotatable bonds is 2. The Balaban J connectivity index is 2.16. The molecule has 0 saturated heterocycles. The first-order chi connectivity index (χ1) is 9.65. The summed E-state index contributed by atoms with van der Waals surface area (Å²) in [6.45, 7) is 0. The Morgan fingerprint density at radius 2 is 1.90 bits per heavy atom. The van der Waals surface area contributed by atoms with Crippen molar-refractivity contribution in [2.45, 2.75) is 0 Å². The number of nitro groups is 1. The molecule has 98 valence electrons. The largest absolute Gasteiger partial charge is 0.306 e. The fourth-order valence-electron chi connectivity index (χ4n) is 2.01. The number of fused-ring (bicyclic) bond motifs is 1. The van der Waals surface area contributed by atoms with E-state index in [0.717, 1.165) is 5.39 Å². The third-order valence-corrected chi connectivity index (χ3v) is 3.00. The second kappa shape index (κ2) is 4.58. The third-order valence-electron chi connectivity index (χ3n) is 3.00. The predicted octanol–water partition coefficient (Wildman–Crippen LogP) is 2.50. The molecule has 0 bridgehead atoms. The Morgan fingerprint density at radius 1 is 1.15 bits per heavy atom. The van der Waals surface area contributed by atoms with E-state index < -0.39 is 4.92 Å². The zero-order valence-corrected chi connectivity index (χ0v) is 10.2. The first-order valence-electron chi connectivity index (χ1n) is 5.88. The number of nitrogens with one attached hydrogen (secondary N) is 1. The van der Waals surface area contributed by atoms with Crippen LogP contribution in [0.5, 0.6) is 0 Å². The molecule has 0 fully saturated rings. The average molecular weight is 267 g/mol. The normalized spacial score (nSPS) is 10.6. The van der Waals surface area contributed by atoms with Gasteiger partial charge in [-0.15, -0.1) is 0 Å². The second-order valence-corrected chi connectivity index (χ2v) is 4.26. The van der Waals surface area contributed by atoms with E-state index in [1.165, 1.54) is 12.1 Å². The minimum absolute atomic E-state index is 0.00682. The lowest BCUT2D eigenvalue weighted by molar-refractivity contribution is -0.384. The molecule has 0 unspecified atom stereocenters. The summed E-state index contributed by atoms with van der Waals surface area (Å²) in [5.74, 6) is 0. The first-order valence-corrected chi connectivity index (χ1v) is 5.88. The van der Waals surface area contributed by atoms with Gasteiger partial charge in [0.2, 0.25) is 0 Å². The zero-order chi connectivity index (χ0) is 14.1. The van der Waals surface area contributed by atoms with Crippen molar-refractivity contribution in [3.8, 4) is 11.1 Å². The van der Waals surface area contributed by atoms with Crippen LogP contribution in [0.3, 0.4) is 0 Å². The minimum atomic E-state index is -0.474.